The SMILES string of the molecule is O=C(NCCc1ccsc1)c1ccc(C#CCO)c(F)c1. The first-order chi connectivity index (χ1) is 10.2. The maximum absolute atomic E-state index is 13.7. The number of aliphatic hydroxyl groups excluding tert-OH is 1. The molecule has 0 saturated heterocycles. The van der Waals surface area contributed by atoms with Crippen LogP contribution in [-0.4, -0.2) is 24.2 Å². The number of amides is 1. The fourth-order valence-corrected chi connectivity index (χ4v) is 2.45. The van der Waals surface area contributed by atoms with E-state index < -0.39 is 5.82 Å². The quantitative estimate of drug-likeness (QED) is 0.851. The largest absolute Gasteiger partial charge is 0.384 e. The first-order valence-corrected chi connectivity index (χ1v) is 7.33. The second kappa shape index (κ2) is 7.58. The minimum absolute atomic E-state index is 0.166. The summed E-state index contributed by atoms with van der Waals surface area (Å²) in [6.07, 6.45) is 0.748. The minimum Gasteiger partial charge on any atom is -0.384 e. The Balaban J connectivity index is 1.94. The van der Waals surface area contributed by atoms with Crippen molar-refractivity contribution in [3.05, 3.63) is 57.5 Å². The standard InChI is InChI=1S/C16H14FNO2S/c17-15-10-14(4-3-13(15)2-1-8-19)16(20)18-7-5-12-6-9-21-11-12/h3-4,6,9-11,19H,5,7-8H2,(H,18,20). The van der Waals surface area contributed by atoms with Gasteiger partial charge in [0.1, 0.15) is 12.4 Å². The van der Waals surface area contributed by atoms with Gasteiger partial charge in [0, 0.05) is 12.1 Å². The summed E-state index contributed by atoms with van der Waals surface area (Å²) in [5, 5.41) is 15.3. The monoisotopic (exact) mass is 303 g/mol. The van der Waals surface area contributed by atoms with Gasteiger partial charge in [-0.3, -0.25) is 4.79 Å². The molecule has 2 aromatic rings. The molecule has 0 aliphatic heterocycles. The van der Waals surface area contributed by atoms with E-state index in [-0.39, 0.29) is 23.6 Å². The maximum Gasteiger partial charge on any atom is 0.251 e. The van der Waals surface area contributed by atoms with Gasteiger partial charge in [-0.2, -0.15) is 11.3 Å². The van der Waals surface area contributed by atoms with Gasteiger partial charge in [0.25, 0.3) is 5.91 Å². The van der Waals surface area contributed by atoms with Crippen LogP contribution in [0.3, 0.4) is 0 Å². The lowest BCUT2D eigenvalue weighted by molar-refractivity contribution is 0.0953. The molecular formula is C16H14FNO2S. The summed E-state index contributed by atoms with van der Waals surface area (Å²) in [5.74, 6) is 3.97. The number of thiophene rings is 1. The van der Waals surface area contributed by atoms with E-state index in [2.05, 4.69) is 17.2 Å². The van der Waals surface area contributed by atoms with Crippen LogP contribution in [-0.2, 0) is 6.42 Å². The first kappa shape index (κ1) is 15.2. The average molecular weight is 303 g/mol. The van der Waals surface area contributed by atoms with Crippen LogP contribution in [0.4, 0.5) is 4.39 Å². The third-order valence-corrected chi connectivity index (χ3v) is 3.54. The number of benzene rings is 1. The van der Waals surface area contributed by atoms with E-state index in [4.69, 9.17) is 5.11 Å². The molecule has 2 rings (SSSR count). The van der Waals surface area contributed by atoms with Gasteiger partial charge in [0.15, 0.2) is 0 Å². The van der Waals surface area contributed by atoms with Gasteiger partial charge in [0.05, 0.1) is 5.56 Å². The van der Waals surface area contributed by atoms with Crippen LogP contribution < -0.4 is 5.32 Å². The molecule has 0 bridgehead atoms. The van der Waals surface area contributed by atoms with Crippen LogP contribution in [0.5, 0.6) is 0 Å². The predicted octanol–water partition coefficient (Wildman–Crippen LogP) is 2.20. The molecule has 108 valence electrons. The van der Waals surface area contributed by atoms with Gasteiger partial charge in [0.2, 0.25) is 0 Å². The van der Waals surface area contributed by atoms with E-state index in [1.54, 1.807) is 11.3 Å². The van der Waals surface area contributed by atoms with Crippen molar-refractivity contribution >= 4 is 17.2 Å². The number of hydrogen-bond acceptors (Lipinski definition) is 3. The smallest absolute Gasteiger partial charge is 0.251 e. The number of rotatable bonds is 4. The van der Waals surface area contributed by atoms with Crippen molar-refractivity contribution in [1.29, 1.82) is 0 Å². The average Bonchev–Trinajstić information content (AvgIpc) is 2.99. The molecule has 1 amide bonds. The molecule has 0 saturated carbocycles. The van der Waals surface area contributed by atoms with Crippen LogP contribution in [0, 0.1) is 17.7 Å². The number of carbonyl (C=O) groups excluding carboxylic acids is 1. The molecule has 0 atom stereocenters. The van der Waals surface area contributed by atoms with Crippen molar-refractivity contribution in [2.24, 2.45) is 0 Å². The van der Waals surface area contributed by atoms with Crippen LogP contribution in [0.1, 0.15) is 21.5 Å². The second-order valence-electron chi connectivity index (χ2n) is 4.29. The fraction of sp³-hybridized carbons (Fsp3) is 0.188. The molecule has 21 heavy (non-hydrogen) atoms. The zero-order valence-electron chi connectivity index (χ0n) is 11.2. The summed E-state index contributed by atoms with van der Waals surface area (Å²) in [7, 11) is 0. The molecule has 0 spiro atoms. The Kier molecular flexibility index (Phi) is 5.50. The molecular weight excluding hydrogens is 289 g/mol. The van der Waals surface area contributed by atoms with Crippen LogP contribution in [0.25, 0.3) is 0 Å². The van der Waals surface area contributed by atoms with Gasteiger partial charge in [-0.1, -0.05) is 11.8 Å². The molecule has 1 heterocycles. The molecule has 2 N–H and O–H groups in total. The Hall–Kier alpha value is -2.16. The third-order valence-electron chi connectivity index (χ3n) is 2.81. The summed E-state index contributed by atoms with van der Waals surface area (Å²) < 4.78 is 13.7. The molecule has 0 aliphatic carbocycles. The third kappa shape index (κ3) is 4.42. The lowest BCUT2D eigenvalue weighted by Crippen LogP contribution is -2.25. The van der Waals surface area contributed by atoms with Gasteiger partial charge >= 0.3 is 0 Å². The number of carbonyl (C=O) groups is 1. The van der Waals surface area contributed by atoms with Gasteiger partial charge in [-0.05, 0) is 47.0 Å². The lowest BCUT2D eigenvalue weighted by Gasteiger charge is -2.05. The van der Waals surface area contributed by atoms with Gasteiger partial charge in [-0.15, -0.1) is 0 Å². The second-order valence-corrected chi connectivity index (χ2v) is 5.07. The van der Waals surface area contributed by atoms with Crippen LogP contribution in [0.15, 0.2) is 35.0 Å². The van der Waals surface area contributed by atoms with E-state index >= 15 is 0 Å². The van der Waals surface area contributed by atoms with Crippen molar-refractivity contribution in [3.8, 4) is 11.8 Å². The number of halogens is 1. The molecule has 0 fully saturated rings. The molecule has 0 unspecified atom stereocenters. The summed E-state index contributed by atoms with van der Waals surface area (Å²) in [4.78, 5) is 11.9. The van der Waals surface area contributed by atoms with Gasteiger partial charge < -0.3 is 10.4 Å². The summed E-state index contributed by atoms with van der Waals surface area (Å²) in [6.45, 7) is 0.174. The topological polar surface area (TPSA) is 49.3 Å². The number of aliphatic hydroxyl groups is 1. The highest BCUT2D eigenvalue weighted by Crippen LogP contribution is 2.10. The molecule has 1 aromatic heterocycles. The number of nitrogens with one attached hydrogen (secondary N) is 1. The molecule has 1 aromatic carbocycles. The highest BCUT2D eigenvalue weighted by molar-refractivity contribution is 7.07. The van der Waals surface area contributed by atoms with Crippen molar-refractivity contribution in [2.45, 2.75) is 6.42 Å². The molecule has 3 nitrogen and oxygen atoms in total. The van der Waals surface area contributed by atoms with Crippen molar-refractivity contribution in [1.82, 2.24) is 5.32 Å². The van der Waals surface area contributed by atoms with Crippen molar-refractivity contribution < 1.29 is 14.3 Å². The van der Waals surface area contributed by atoms with Crippen LogP contribution in [0.2, 0.25) is 0 Å². The molecule has 5 heteroatoms. The maximum atomic E-state index is 13.7. The normalized spacial score (nSPS) is 9.81. The predicted molar refractivity (Wildman–Crippen MR) is 80.7 cm³/mol. The Bertz CT molecular complexity index is 671. The Morgan fingerprint density at radius 2 is 2.24 bits per heavy atom. The van der Waals surface area contributed by atoms with Crippen molar-refractivity contribution in [3.63, 3.8) is 0 Å². The molecule has 0 radical (unpaired) electrons. The number of hydrogen-bond donors (Lipinski definition) is 2. The van der Waals surface area contributed by atoms with E-state index in [1.165, 1.54) is 17.7 Å². The Morgan fingerprint density at radius 1 is 1.38 bits per heavy atom. The van der Waals surface area contributed by atoms with Crippen molar-refractivity contribution in [2.75, 3.05) is 13.2 Å². The van der Waals surface area contributed by atoms with E-state index in [1.807, 2.05) is 16.8 Å². The lowest BCUT2D eigenvalue weighted by atomic mass is 10.1. The highest BCUT2D eigenvalue weighted by atomic mass is 32.1. The minimum atomic E-state index is -0.568. The first-order valence-electron chi connectivity index (χ1n) is 6.39. The Morgan fingerprint density at radius 3 is 2.90 bits per heavy atom. The Labute approximate surface area is 126 Å². The highest BCUT2D eigenvalue weighted by Gasteiger charge is 2.08. The summed E-state index contributed by atoms with van der Waals surface area (Å²) in [5.41, 5.74) is 1.59. The van der Waals surface area contributed by atoms with E-state index in [0.29, 0.717) is 6.54 Å². The van der Waals surface area contributed by atoms with Gasteiger partial charge in [-0.25, -0.2) is 4.39 Å². The van der Waals surface area contributed by atoms with E-state index in [0.717, 1.165) is 12.5 Å². The summed E-state index contributed by atoms with van der Waals surface area (Å²) >= 11 is 1.61. The zero-order valence-corrected chi connectivity index (χ0v) is 12.0. The molecule has 0 aliphatic rings. The fourth-order valence-electron chi connectivity index (χ4n) is 1.75. The van der Waals surface area contributed by atoms with E-state index in [9.17, 15) is 9.18 Å². The van der Waals surface area contributed by atoms with Crippen LogP contribution >= 0.6 is 11.3 Å². The zero-order chi connectivity index (χ0) is 15.1. The summed E-state index contributed by atoms with van der Waals surface area (Å²) in [6, 6.07) is 6.11.